The van der Waals surface area contributed by atoms with Crippen molar-refractivity contribution in [2.45, 2.75) is 25.4 Å². The molecule has 7 heteroatoms. The van der Waals surface area contributed by atoms with E-state index in [2.05, 4.69) is 15.7 Å². The van der Waals surface area contributed by atoms with Crippen molar-refractivity contribution in [2.75, 3.05) is 18.6 Å². The van der Waals surface area contributed by atoms with Gasteiger partial charge in [-0.3, -0.25) is 4.79 Å². The van der Waals surface area contributed by atoms with Crippen molar-refractivity contribution in [3.63, 3.8) is 0 Å². The van der Waals surface area contributed by atoms with E-state index in [9.17, 15) is 4.79 Å². The number of hydrogen-bond acceptors (Lipinski definition) is 5. The maximum atomic E-state index is 12.0. The number of aromatic nitrogens is 1. The van der Waals surface area contributed by atoms with Gasteiger partial charge in [0, 0.05) is 19.3 Å². The minimum Gasteiger partial charge on any atom is -0.373 e. The highest BCUT2D eigenvalue weighted by molar-refractivity contribution is 6.33. The van der Waals surface area contributed by atoms with Crippen LogP contribution >= 0.6 is 11.6 Å². The van der Waals surface area contributed by atoms with Gasteiger partial charge in [-0.25, -0.2) is 10.8 Å². The van der Waals surface area contributed by atoms with Gasteiger partial charge >= 0.3 is 0 Å². The number of rotatable bonds is 4. The summed E-state index contributed by atoms with van der Waals surface area (Å²) in [6.07, 6.45) is 3.40. The van der Waals surface area contributed by atoms with Gasteiger partial charge in [0.2, 0.25) is 0 Å². The molecule has 1 aliphatic rings. The Kier molecular flexibility index (Phi) is 4.24. The number of amides is 1. The van der Waals surface area contributed by atoms with E-state index >= 15 is 0 Å². The summed E-state index contributed by atoms with van der Waals surface area (Å²) in [5.41, 5.74) is 2.47. The molecule has 2 rings (SSSR count). The third kappa shape index (κ3) is 3.34. The predicted octanol–water partition coefficient (Wildman–Crippen LogP) is 1.32. The van der Waals surface area contributed by atoms with Crippen LogP contribution in [0.2, 0.25) is 5.02 Å². The number of anilines is 1. The van der Waals surface area contributed by atoms with E-state index in [0.717, 1.165) is 19.4 Å². The molecule has 1 aromatic heterocycles. The van der Waals surface area contributed by atoms with E-state index in [-0.39, 0.29) is 11.5 Å². The quantitative estimate of drug-likeness (QED) is 0.573. The van der Waals surface area contributed by atoms with Crippen LogP contribution in [0.4, 0.5) is 5.82 Å². The van der Waals surface area contributed by atoms with Crippen LogP contribution in [0.1, 0.15) is 30.1 Å². The monoisotopic (exact) mass is 284 g/mol. The smallest absolute Gasteiger partial charge is 0.253 e. The summed E-state index contributed by atoms with van der Waals surface area (Å²) in [7, 11) is 0. The Morgan fingerprint density at radius 2 is 2.47 bits per heavy atom. The summed E-state index contributed by atoms with van der Waals surface area (Å²) in [4.78, 5) is 15.9. The van der Waals surface area contributed by atoms with Crippen molar-refractivity contribution in [3.8, 4) is 0 Å². The summed E-state index contributed by atoms with van der Waals surface area (Å²) in [5, 5.41) is 3.14. The number of ether oxygens (including phenoxy) is 1. The van der Waals surface area contributed by atoms with Crippen LogP contribution in [0.5, 0.6) is 0 Å². The van der Waals surface area contributed by atoms with Crippen LogP contribution in [0.25, 0.3) is 0 Å². The Bertz CT molecular complexity index is 475. The fourth-order valence-corrected chi connectivity index (χ4v) is 2.23. The van der Waals surface area contributed by atoms with E-state index in [4.69, 9.17) is 22.2 Å². The zero-order chi connectivity index (χ0) is 13.9. The number of nitrogens with two attached hydrogens (primary N) is 1. The molecule has 1 saturated heterocycles. The minimum atomic E-state index is -0.272. The lowest BCUT2D eigenvalue weighted by Gasteiger charge is -2.23. The molecule has 2 heterocycles. The molecular weight excluding hydrogens is 268 g/mol. The van der Waals surface area contributed by atoms with Crippen LogP contribution in [-0.4, -0.2) is 29.6 Å². The molecule has 0 saturated carbocycles. The SMILES string of the molecule is CC1(CNC(=O)c2cnc(NN)c(Cl)c2)CCCO1. The number of hydrogen-bond donors (Lipinski definition) is 3. The Morgan fingerprint density at radius 1 is 1.68 bits per heavy atom. The average molecular weight is 285 g/mol. The highest BCUT2D eigenvalue weighted by atomic mass is 35.5. The number of hydrazine groups is 1. The largest absolute Gasteiger partial charge is 0.373 e. The van der Waals surface area contributed by atoms with Crippen molar-refractivity contribution in [2.24, 2.45) is 5.84 Å². The molecule has 0 aromatic carbocycles. The molecule has 6 nitrogen and oxygen atoms in total. The third-order valence-electron chi connectivity index (χ3n) is 3.16. The van der Waals surface area contributed by atoms with E-state index in [1.165, 1.54) is 12.3 Å². The molecule has 1 unspecified atom stereocenters. The minimum absolute atomic E-state index is 0.227. The number of carbonyl (C=O) groups excluding carboxylic acids is 1. The summed E-state index contributed by atoms with van der Waals surface area (Å²) in [6, 6.07) is 1.52. The van der Waals surface area contributed by atoms with Crippen LogP contribution in [0.15, 0.2) is 12.3 Å². The van der Waals surface area contributed by atoms with Gasteiger partial charge in [0.25, 0.3) is 5.91 Å². The van der Waals surface area contributed by atoms with Gasteiger partial charge in [-0.2, -0.15) is 0 Å². The van der Waals surface area contributed by atoms with E-state index in [0.29, 0.717) is 22.9 Å². The summed E-state index contributed by atoms with van der Waals surface area (Å²) >= 11 is 5.92. The lowest BCUT2D eigenvalue weighted by molar-refractivity contribution is 0.0206. The van der Waals surface area contributed by atoms with Crippen molar-refractivity contribution in [1.82, 2.24) is 10.3 Å². The molecule has 1 fully saturated rings. The first-order valence-corrected chi connectivity index (χ1v) is 6.46. The summed E-state index contributed by atoms with van der Waals surface area (Å²) in [5.74, 6) is 5.33. The fraction of sp³-hybridized carbons (Fsp3) is 0.500. The molecule has 1 aliphatic heterocycles. The summed E-state index contributed by atoms with van der Waals surface area (Å²) < 4.78 is 5.60. The van der Waals surface area contributed by atoms with Gasteiger partial charge in [-0.05, 0) is 25.8 Å². The average Bonchev–Trinajstić information content (AvgIpc) is 2.83. The van der Waals surface area contributed by atoms with Crippen molar-refractivity contribution in [1.29, 1.82) is 0 Å². The first-order chi connectivity index (χ1) is 9.04. The predicted molar refractivity (Wildman–Crippen MR) is 73.0 cm³/mol. The fourth-order valence-electron chi connectivity index (χ4n) is 2.01. The number of nitrogens with zero attached hydrogens (tertiary/aromatic N) is 1. The van der Waals surface area contributed by atoms with Crippen LogP contribution in [0.3, 0.4) is 0 Å². The van der Waals surface area contributed by atoms with Crippen molar-refractivity contribution < 1.29 is 9.53 Å². The number of nitrogen functional groups attached to an aromatic ring is 1. The Hall–Kier alpha value is -1.37. The number of pyridine rings is 1. The van der Waals surface area contributed by atoms with Gasteiger partial charge in [0.15, 0.2) is 5.82 Å². The Labute approximate surface area is 116 Å². The zero-order valence-electron chi connectivity index (χ0n) is 10.7. The molecule has 1 aromatic rings. The van der Waals surface area contributed by atoms with E-state index in [1.807, 2.05) is 6.92 Å². The topological polar surface area (TPSA) is 89.3 Å². The maximum absolute atomic E-state index is 12.0. The first-order valence-electron chi connectivity index (χ1n) is 6.08. The molecule has 0 radical (unpaired) electrons. The molecule has 4 N–H and O–H groups in total. The van der Waals surface area contributed by atoms with Crippen LogP contribution in [-0.2, 0) is 4.74 Å². The van der Waals surface area contributed by atoms with Crippen LogP contribution < -0.4 is 16.6 Å². The van der Waals surface area contributed by atoms with Gasteiger partial charge in [0.05, 0.1) is 16.2 Å². The zero-order valence-corrected chi connectivity index (χ0v) is 11.5. The highest BCUT2D eigenvalue weighted by Crippen LogP contribution is 2.24. The molecule has 0 bridgehead atoms. The maximum Gasteiger partial charge on any atom is 0.253 e. The first kappa shape index (κ1) is 14.0. The summed E-state index contributed by atoms with van der Waals surface area (Å²) in [6.45, 7) is 3.21. The standard InChI is InChI=1S/C12H17ClN4O2/c1-12(3-2-4-19-12)7-16-11(18)8-5-9(13)10(17-14)15-6-8/h5-6H,2-4,7,14H2,1H3,(H,15,17)(H,16,18). The third-order valence-corrected chi connectivity index (χ3v) is 3.45. The van der Waals surface area contributed by atoms with E-state index in [1.54, 1.807) is 0 Å². The lowest BCUT2D eigenvalue weighted by Crippen LogP contribution is -2.40. The molecule has 0 aliphatic carbocycles. The van der Waals surface area contributed by atoms with Gasteiger partial charge in [-0.1, -0.05) is 11.6 Å². The lowest BCUT2D eigenvalue weighted by atomic mass is 10.0. The number of halogens is 1. The second kappa shape index (κ2) is 5.73. The van der Waals surface area contributed by atoms with Gasteiger partial charge in [-0.15, -0.1) is 0 Å². The molecular formula is C12H17ClN4O2. The number of carbonyl (C=O) groups is 1. The Balaban J connectivity index is 1.98. The van der Waals surface area contributed by atoms with Crippen LogP contribution in [0, 0.1) is 0 Å². The highest BCUT2D eigenvalue weighted by Gasteiger charge is 2.30. The van der Waals surface area contributed by atoms with Gasteiger partial charge in [0.1, 0.15) is 0 Å². The molecule has 1 atom stereocenters. The molecule has 104 valence electrons. The van der Waals surface area contributed by atoms with Crippen molar-refractivity contribution in [3.05, 3.63) is 22.8 Å². The molecule has 19 heavy (non-hydrogen) atoms. The Morgan fingerprint density at radius 3 is 3.05 bits per heavy atom. The number of nitrogens with one attached hydrogen (secondary N) is 2. The molecule has 1 amide bonds. The van der Waals surface area contributed by atoms with E-state index < -0.39 is 0 Å². The second-order valence-corrected chi connectivity index (χ2v) is 5.19. The normalized spacial score (nSPS) is 22.3. The van der Waals surface area contributed by atoms with Crippen molar-refractivity contribution >= 4 is 23.3 Å². The molecule has 0 spiro atoms. The van der Waals surface area contributed by atoms with Gasteiger partial charge < -0.3 is 15.5 Å². The second-order valence-electron chi connectivity index (χ2n) is 4.78.